The molecule has 2 fully saturated rings. The molecule has 1 saturated carbocycles. The highest BCUT2D eigenvalue weighted by Crippen LogP contribution is 2.28. The third-order valence-electron chi connectivity index (χ3n) is 6.14. The highest BCUT2D eigenvalue weighted by atomic mass is 16.6. The van der Waals surface area contributed by atoms with Crippen molar-refractivity contribution in [3.63, 3.8) is 0 Å². The van der Waals surface area contributed by atoms with Gasteiger partial charge in [0.05, 0.1) is 19.3 Å². The van der Waals surface area contributed by atoms with Crippen LogP contribution in [0.3, 0.4) is 0 Å². The van der Waals surface area contributed by atoms with Gasteiger partial charge in [-0.15, -0.1) is 0 Å². The molecule has 3 rings (SSSR count). The maximum absolute atomic E-state index is 13.5. The summed E-state index contributed by atoms with van der Waals surface area (Å²) in [6, 6.07) is 7.81. The van der Waals surface area contributed by atoms with E-state index in [1.807, 2.05) is 30.3 Å². The van der Waals surface area contributed by atoms with Gasteiger partial charge in [-0.3, -0.25) is 0 Å². The Morgan fingerprint density at radius 2 is 1.46 bits per heavy atom. The second-order valence-corrected chi connectivity index (χ2v) is 12.0. The highest BCUT2D eigenvalue weighted by molar-refractivity contribution is 5.94. The number of carbonyl (C=O) groups excluding carboxylic acids is 3. The molecule has 0 aromatic heterocycles. The van der Waals surface area contributed by atoms with Crippen LogP contribution in [0.5, 0.6) is 5.75 Å². The summed E-state index contributed by atoms with van der Waals surface area (Å²) < 4.78 is 35.4. The monoisotopic (exact) mass is 549 g/mol. The largest absolute Gasteiger partial charge is 0.485 e. The van der Waals surface area contributed by atoms with Gasteiger partial charge >= 0.3 is 18.2 Å². The van der Waals surface area contributed by atoms with Crippen LogP contribution in [0.4, 0.5) is 9.59 Å². The molecule has 39 heavy (non-hydrogen) atoms. The van der Waals surface area contributed by atoms with Crippen LogP contribution in [0.15, 0.2) is 30.3 Å². The van der Waals surface area contributed by atoms with Crippen molar-refractivity contribution in [3.05, 3.63) is 30.3 Å². The predicted octanol–water partition coefficient (Wildman–Crippen LogP) is 5.26. The molecular formula is C29H43NO9. The average molecular weight is 550 g/mol. The van der Waals surface area contributed by atoms with E-state index in [4.69, 9.17) is 28.4 Å². The molecule has 2 aliphatic rings. The third kappa shape index (κ3) is 9.39. The quantitative estimate of drug-likeness (QED) is 0.359. The number of carbonyl (C=O) groups is 3. The van der Waals surface area contributed by atoms with Gasteiger partial charge in [-0.2, -0.15) is 4.90 Å². The topological polar surface area (TPSA) is 110 Å². The number of rotatable bonds is 5. The molecule has 10 heteroatoms. The molecule has 218 valence electrons. The van der Waals surface area contributed by atoms with Crippen LogP contribution >= 0.6 is 0 Å². The first-order valence-electron chi connectivity index (χ1n) is 13.6. The molecule has 0 bridgehead atoms. The Labute approximate surface area is 231 Å². The van der Waals surface area contributed by atoms with E-state index >= 15 is 0 Å². The summed E-state index contributed by atoms with van der Waals surface area (Å²) in [6.07, 6.45) is -0.157. The normalized spacial score (nSPS) is 25.1. The van der Waals surface area contributed by atoms with E-state index < -0.39 is 53.7 Å². The second-order valence-electron chi connectivity index (χ2n) is 12.0. The van der Waals surface area contributed by atoms with Crippen LogP contribution in [-0.4, -0.2) is 77.9 Å². The van der Waals surface area contributed by atoms with Crippen molar-refractivity contribution in [1.82, 2.24) is 4.90 Å². The molecule has 1 aliphatic heterocycles. The summed E-state index contributed by atoms with van der Waals surface area (Å²) in [7, 11) is 0. The van der Waals surface area contributed by atoms with Gasteiger partial charge in [0.1, 0.15) is 29.2 Å². The van der Waals surface area contributed by atoms with E-state index in [1.165, 1.54) is 0 Å². The smallest absolute Gasteiger partial charge is 0.420 e. The molecule has 1 saturated heterocycles. The summed E-state index contributed by atoms with van der Waals surface area (Å²) in [4.78, 5) is 40.5. The van der Waals surface area contributed by atoms with Crippen molar-refractivity contribution in [2.45, 2.75) is 116 Å². The first kappa shape index (κ1) is 30.7. The predicted molar refractivity (Wildman–Crippen MR) is 142 cm³/mol. The summed E-state index contributed by atoms with van der Waals surface area (Å²) in [5, 5.41) is 0. The number of cyclic esters (lactones) is 1. The molecule has 2 amide bonds. The maximum atomic E-state index is 13.5. The van der Waals surface area contributed by atoms with Crippen molar-refractivity contribution in [3.8, 4) is 5.75 Å². The van der Waals surface area contributed by atoms with Crippen molar-refractivity contribution in [1.29, 1.82) is 0 Å². The van der Waals surface area contributed by atoms with Crippen molar-refractivity contribution >= 4 is 18.2 Å². The lowest BCUT2D eigenvalue weighted by molar-refractivity contribution is -0.170. The second kappa shape index (κ2) is 13.0. The Bertz CT molecular complexity index is 935. The molecule has 1 aliphatic carbocycles. The fourth-order valence-corrected chi connectivity index (χ4v) is 4.44. The van der Waals surface area contributed by atoms with E-state index in [0.717, 1.165) is 25.7 Å². The minimum atomic E-state index is -1.44. The van der Waals surface area contributed by atoms with Gasteiger partial charge in [0.2, 0.25) is 0 Å². The van der Waals surface area contributed by atoms with E-state index in [2.05, 4.69) is 0 Å². The van der Waals surface area contributed by atoms with Gasteiger partial charge in [-0.25, -0.2) is 14.4 Å². The Kier molecular flexibility index (Phi) is 10.2. The van der Waals surface area contributed by atoms with Gasteiger partial charge < -0.3 is 28.4 Å². The van der Waals surface area contributed by atoms with Gasteiger partial charge in [-0.05, 0) is 73.4 Å². The van der Waals surface area contributed by atoms with E-state index in [1.54, 1.807) is 48.5 Å². The Morgan fingerprint density at radius 3 is 2.00 bits per heavy atom. The number of nitrogens with zero attached hydrogens (tertiary/aromatic N) is 1. The molecule has 4 unspecified atom stereocenters. The number of benzene rings is 1. The van der Waals surface area contributed by atoms with Crippen LogP contribution in [0.25, 0.3) is 0 Å². The van der Waals surface area contributed by atoms with Crippen LogP contribution < -0.4 is 4.74 Å². The van der Waals surface area contributed by atoms with Crippen molar-refractivity contribution < 1.29 is 42.8 Å². The zero-order valence-corrected chi connectivity index (χ0v) is 24.1. The van der Waals surface area contributed by atoms with E-state index in [-0.39, 0.29) is 19.3 Å². The molecule has 1 aromatic rings. The lowest BCUT2D eigenvalue weighted by Crippen LogP contribution is -2.54. The lowest BCUT2D eigenvalue weighted by atomic mass is 10.1. The first-order chi connectivity index (χ1) is 18.2. The lowest BCUT2D eigenvalue weighted by Gasteiger charge is -2.33. The Morgan fingerprint density at radius 1 is 0.897 bits per heavy atom. The Hall–Kier alpha value is -2.85. The molecule has 0 spiro atoms. The summed E-state index contributed by atoms with van der Waals surface area (Å²) in [5.74, 6) is -0.218. The van der Waals surface area contributed by atoms with Gasteiger partial charge in [-0.1, -0.05) is 31.0 Å². The molecular weight excluding hydrogens is 506 g/mol. The minimum absolute atomic E-state index is 0.00889. The number of para-hydroxylation sites is 1. The van der Waals surface area contributed by atoms with Gasteiger partial charge in [0, 0.05) is 0 Å². The third-order valence-corrected chi connectivity index (χ3v) is 6.14. The molecule has 1 heterocycles. The molecule has 4 atom stereocenters. The number of ether oxygens (including phenoxy) is 6. The number of esters is 1. The van der Waals surface area contributed by atoms with Gasteiger partial charge in [0.15, 0.2) is 12.1 Å². The molecule has 0 radical (unpaired) electrons. The standard InChI is InChI=1S/C29H43NO9/c1-19-24(37-21-15-11-12-16-21)23(36-20-13-9-8-10-14-20)18-34-17-22(25(31)35-19)30(26(32)38-28(2,3)4)27(33)39-29(5,6)7/h8-10,13-14,19,21-24H,11-12,15-18H2,1-7H3. The van der Waals surface area contributed by atoms with Crippen molar-refractivity contribution in [2.24, 2.45) is 0 Å². The number of amides is 2. The van der Waals surface area contributed by atoms with Crippen LogP contribution in [0, 0.1) is 0 Å². The van der Waals surface area contributed by atoms with Crippen molar-refractivity contribution in [2.75, 3.05) is 13.2 Å². The number of hydrogen-bond donors (Lipinski definition) is 0. The molecule has 1 aromatic carbocycles. The fraction of sp³-hybridized carbons (Fsp3) is 0.690. The fourth-order valence-electron chi connectivity index (χ4n) is 4.44. The minimum Gasteiger partial charge on any atom is -0.485 e. The SMILES string of the molecule is CC1OC(=O)C(N(C(=O)OC(C)(C)C)C(=O)OC(C)(C)C)COCC(Oc2ccccc2)C1OC1CCCC1. The van der Waals surface area contributed by atoms with Gasteiger partial charge in [0.25, 0.3) is 0 Å². The Balaban J connectivity index is 1.90. The zero-order chi connectivity index (χ0) is 28.8. The zero-order valence-electron chi connectivity index (χ0n) is 24.1. The summed E-state index contributed by atoms with van der Waals surface area (Å²) in [6.45, 7) is 11.4. The highest BCUT2D eigenvalue weighted by Gasteiger charge is 2.45. The molecule has 10 nitrogen and oxygen atoms in total. The maximum Gasteiger partial charge on any atom is 0.420 e. The number of hydrogen-bond acceptors (Lipinski definition) is 9. The van der Waals surface area contributed by atoms with Crippen LogP contribution in [0.1, 0.15) is 74.1 Å². The molecule has 0 N–H and O–H groups in total. The van der Waals surface area contributed by atoms with E-state index in [9.17, 15) is 14.4 Å². The van der Waals surface area contributed by atoms with E-state index in [0.29, 0.717) is 10.6 Å². The average Bonchev–Trinajstić information content (AvgIpc) is 3.33. The van der Waals surface area contributed by atoms with Crippen LogP contribution in [-0.2, 0) is 28.5 Å². The summed E-state index contributed by atoms with van der Waals surface area (Å²) >= 11 is 0. The number of imide groups is 1. The summed E-state index contributed by atoms with van der Waals surface area (Å²) in [5.41, 5.74) is -1.86. The first-order valence-corrected chi connectivity index (χ1v) is 13.6. The van der Waals surface area contributed by atoms with Crippen LogP contribution in [0.2, 0.25) is 0 Å².